The van der Waals surface area contributed by atoms with Crippen molar-refractivity contribution >= 4 is 23.4 Å². The molecule has 4 heterocycles. The Kier molecular flexibility index (Phi) is 6.28. The van der Waals surface area contributed by atoms with Crippen LogP contribution in [0, 0.1) is 0 Å². The Balaban J connectivity index is 1.08. The van der Waals surface area contributed by atoms with Gasteiger partial charge in [-0.15, -0.1) is 0 Å². The molecule has 6 rings (SSSR count). The van der Waals surface area contributed by atoms with Crippen molar-refractivity contribution in [3.8, 4) is 5.75 Å². The fourth-order valence-electron chi connectivity index (χ4n) is 5.86. The number of rotatable bonds is 4. The molecule has 192 valence electrons. The molecule has 9 heteroatoms. The number of aromatic nitrogens is 2. The fraction of sp³-hybridized carbons (Fsp3) is 0.429. The molecule has 1 saturated heterocycles. The van der Waals surface area contributed by atoms with Crippen LogP contribution in [0.3, 0.4) is 0 Å². The first-order valence-electron chi connectivity index (χ1n) is 13.1. The Hall–Kier alpha value is -3.88. The molecule has 0 bridgehead atoms. The zero-order valence-corrected chi connectivity index (χ0v) is 21.2. The van der Waals surface area contributed by atoms with E-state index in [0.29, 0.717) is 18.8 Å². The lowest BCUT2D eigenvalue weighted by Gasteiger charge is -2.38. The minimum Gasteiger partial charge on any atom is -0.497 e. The predicted octanol–water partition coefficient (Wildman–Crippen LogP) is 3.65. The van der Waals surface area contributed by atoms with E-state index in [1.54, 1.807) is 7.11 Å². The number of hydrogen-bond donors (Lipinski definition) is 1. The van der Waals surface area contributed by atoms with Crippen molar-refractivity contribution in [1.29, 1.82) is 0 Å². The third kappa shape index (κ3) is 4.65. The maximum absolute atomic E-state index is 13.2. The Morgan fingerprint density at radius 1 is 1.08 bits per heavy atom. The zero-order valence-electron chi connectivity index (χ0n) is 21.2. The number of carbonyl (C=O) groups is 2. The molecule has 3 amide bonds. The molecular formula is C28H32N6O3. The van der Waals surface area contributed by atoms with Crippen LogP contribution in [0.4, 0.5) is 16.3 Å². The van der Waals surface area contributed by atoms with Crippen molar-refractivity contribution in [1.82, 2.24) is 19.8 Å². The monoisotopic (exact) mass is 500 g/mol. The van der Waals surface area contributed by atoms with Crippen LogP contribution in [-0.2, 0) is 6.42 Å². The van der Waals surface area contributed by atoms with Crippen molar-refractivity contribution in [2.24, 2.45) is 0 Å². The van der Waals surface area contributed by atoms with E-state index in [9.17, 15) is 9.59 Å². The summed E-state index contributed by atoms with van der Waals surface area (Å²) in [5.41, 5.74) is 5.12. The second-order valence-corrected chi connectivity index (χ2v) is 10.1. The molecule has 0 saturated carbocycles. The van der Waals surface area contributed by atoms with Gasteiger partial charge in [0.1, 0.15) is 23.6 Å². The average molecular weight is 501 g/mol. The highest BCUT2D eigenvalue weighted by molar-refractivity contribution is 5.93. The molecule has 1 aliphatic carbocycles. The molecule has 1 aromatic heterocycles. The number of piperidine rings is 1. The summed E-state index contributed by atoms with van der Waals surface area (Å²) >= 11 is 0. The maximum atomic E-state index is 13.2. The predicted molar refractivity (Wildman–Crippen MR) is 141 cm³/mol. The van der Waals surface area contributed by atoms with E-state index in [-0.39, 0.29) is 18.0 Å². The number of hydrogen-bond acceptors (Lipinski definition) is 6. The molecule has 9 nitrogen and oxygen atoms in total. The first kappa shape index (κ1) is 23.5. The molecule has 0 radical (unpaired) electrons. The minimum absolute atomic E-state index is 0.0391. The summed E-state index contributed by atoms with van der Waals surface area (Å²) < 4.78 is 5.35. The van der Waals surface area contributed by atoms with Gasteiger partial charge in [-0.2, -0.15) is 0 Å². The van der Waals surface area contributed by atoms with Crippen LogP contribution in [0.25, 0.3) is 0 Å². The van der Waals surface area contributed by atoms with Gasteiger partial charge >= 0.3 is 6.03 Å². The summed E-state index contributed by atoms with van der Waals surface area (Å²) in [6.07, 6.45) is 10.2. The second-order valence-electron chi connectivity index (χ2n) is 10.1. The standard InChI is InChI=1S/C28H32N6O3/c1-37-23-5-6-24-20(15-23)8-14-34(28(36)31-24)22-9-12-32(13-10-22)26-16-25(29-18-30-26)27(35)33-11-7-19-3-2-4-21(19)17-33/h2,4-6,15-16,18,22H,3,7-14,17H2,1H3,(H,31,36). The van der Waals surface area contributed by atoms with Crippen molar-refractivity contribution in [2.45, 2.75) is 38.1 Å². The van der Waals surface area contributed by atoms with E-state index in [4.69, 9.17) is 4.74 Å². The van der Waals surface area contributed by atoms with Crippen molar-refractivity contribution in [2.75, 3.05) is 50.1 Å². The topological polar surface area (TPSA) is 90.9 Å². The van der Waals surface area contributed by atoms with E-state index < -0.39 is 0 Å². The van der Waals surface area contributed by atoms with Crippen LogP contribution in [-0.4, -0.2) is 77.6 Å². The van der Waals surface area contributed by atoms with Gasteiger partial charge in [0, 0.05) is 50.5 Å². The highest BCUT2D eigenvalue weighted by Crippen LogP contribution is 2.30. The molecule has 0 unspecified atom stereocenters. The van der Waals surface area contributed by atoms with E-state index in [1.165, 1.54) is 17.5 Å². The molecule has 0 atom stereocenters. The summed E-state index contributed by atoms with van der Waals surface area (Å²) in [7, 11) is 1.65. The molecule has 1 aromatic carbocycles. The van der Waals surface area contributed by atoms with Gasteiger partial charge in [-0.25, -0.2) is 14.8 Å². The Bertz CT molecular complexity index is 1280. The zero-order chi connectivity index (χ0) is 25.4. The van der Waals surface area contributed by atoms with Gasteiger partial charge in [0.15, 0.2) is 0 Å². The van der Waals surface area contributed by atoms with Crippen molar-refractivity contribution in [3.63, 3.8) is 0 Å². The van der Waals surface area contributed by atoms with E-state index in [0.717, 1.165) is 74.6 Å². The molecular weight excluding hydrogens is 468 g/mol. The number of amides is 3. The molecule has 2 aromatic rings. The van der Waals surface area contributed by atoms with Crippen LogP contribution >= 0.6 is 0 Å². The lowest BCUT2D eigenvalue weighted by molar-refractivity contribution is 0.0759. The number of methoxy groups -OCH3 is 1. The number of fused-ring (bicyclic) bond motifs is 1. The third-order valence-corrected chi connectivity index (χ3v) is 8.01. The normalized spacial score (nSPS) is 19.9. The van der Waals surface area contributed by atoms with Crippen LogP contribution < -0.4 is 15.0 Å². The number of nitrogens with zero attached hydrogens (tertiary/aromatic N) is 5. The van der Waals surface area contributed by atoms with Gasteiger partial charge in [-0.3, -0.25) is 4.79 Å². The summed E-state index contributed by atoms with van der Waals surface area (Å²) in [6.45, 7) is 3.60. The number of nitrogens with one attached hydrogen (secondary N) is 1. The molecule has 1 fully saturated rings. The number of benzene rings is 1. The average Bonchev–Trinajstić information content (AvgIpc) is 3.35. The molecule has 4 aliphatic rings. The Morgan fingerprint density at radius 3 is 2.78 bits per heavy atom. The molecule has 3 aliphatic heterocycles. The van der Waals surface area contributed by atoms with Crippen LogP contribution in [0.2, 0.25) is 0 Å². The lowest BCUT2D eigenvalue weighted by atomic mass is 10.0. The van der Waals surface area contributed by atoms with Gasteiger partial charge < -0.3 is 24.8 Å². The highest BCUT2D eigenvalue weighted by atomic mass is 16.5. The van der Waals surface area contributed by atoms with Gasteiger partial charge in [0.2, 0.25) is 0 Å². The Morgan fingerprint density at radius 2 is 1.95 bits per heavy atom. The fourth-order valence-corrected chi connectivity index (χ4v) is 5.86. The number of urea groups is 1. The molecule has 0 spiro atoms. The maximum Gasteiger partial charge on any atom is 0.322 e. The summed E-state index contributed by atoms with van der Waals surface area (Å²) in [4.78, 5) is 41.0. The van der Waals surface area contributed by atoms with Gasteiger partial charge in [0.25, 0.3) is 5.91 Å². The lowest BCUT2D eigenvalue weighted by Crippen LogP contribution is -2.49. The number of allylic oxidation sites excluding steroid dienone is 1. The van der Waals surface area contributed by atoms with Crippen LogP contribution in [0.5, 0.6) is 5.75 Å². The summed E-state index contributed by atoms with van der Waals surface area (Å²) in [6, 6.07) is 7.72. The van der Waals surface area contributed by atoms with Gasteiger partial charge in [-0.05, 0) is 61.4 Å². The number of carbonyl (C=O) groups excluding carboxylic acids is 2. The van der Waals surface area contributed by atoms with Crippen LogP contribution in [0.15, 0.2) is 53.9 Å². The SMILES string of the molecule is COc1ccc2c(c1)CCN(C1CCN(c3cc(C(=O)N4CCC5=C(C=CC5)C4)ncn3)CC1)C(=O)N2. The second kappa shape index (κ2) is 9.88. The van der Waals surface area contributed by atoms with Crippen molar-refractivity contribution in [3.05, 3.63) is 65.1 Å². The van der Waals surface area contributed by atoms with E-state index in [2.05, 4.69) is 32.3 Å². The molecule has 37 heavy (non-hydrogen) atoms. The van der Waals surface area contributed by atoms with E-state index in [1.807, 2.05) is 34.1 Å². The Labute approximate surface area is 216 Å². The van der Waals surface area contributed by atoms with E-state index >= 15 is 0 Å². The van der Waals surface area contributed by atoms with Crippen LogP contribution in [0.1, 0.15) is 41.7 Å². The quantitative estimate of drug-likeness (QED) is 0.689. The molecule has 1 N–H and O–H groups in total. The van der Waals surface area contributed by atoms with Gasteiger partial charge in [0.05, 0.1) is 7.11 Å². The minimum atomic E-state index is -0.0470. The summed E-state index contributed by atoms with van der Waals surface area (Å²) in [5, 5.41) is 3.08. The van der Waals surface area contributed by atoms with Gasteiger partial charge in [-0.1, -0.05) is 17.7 Å². The number of anilines is 2. The first-order valence-corrected chi connectivity index (χ1v) is 13.1. The smallest absolute Gasteiger partial charge is 0.322 e. The number of ether oxygens (including phenoxy) is 1. The summed E-state index contributed by atoms with van der Waals surface area (Å²) in [5.74, 6) is 1.53. The largest absolute Gasteiger partial charge is 0.497 e. The van der Waals surface area contributed by atoms with Crippen molar-refractivity contribution < 1.29 is 14.3 Å². The highest BCUT2D eigenvalue weighted by Gasteiger charge is 2.31. The third-order valence-electron chi connectivity index (χ3n) is 8.01. The first-order chi connectivity index (χ1) is 18.1.